The van der Waals surface area contributed by atoms with E-state index in [1.54, 1.807) is 62.5 Å². The van der Waals surface area contributed by atoms with Gasteiger partial charge in [-0.2, -0.15) is 12.6 Å². The van der Waals surface area contributed by atoms with Crippen molar-refractivity contribution in [1.82, 2.24) is 42.2 Å². The molecule has 3 aromatic carbocycles. The van der Waals surface area contributed by atoms with Crippen LogP contribution in [0.3, 0.4) is 0 Å². The molecule has 4 aromatic rings. The maximum atomic E-state index is 14.5. The van der Waals surface area contributed by atoms with Gasteiger partial charge in [-0.15, -0.1) is 0 Å². The zero-order chi connectivity index (χ0) is 58.2. The van der Waals surface area contributed by atoms with Gasteiger partial charge in [0.05, 0.1) is 6.04 Å². The lowest BCUT2D eigenvalue weighted by Gasteiger charge is -2.29. The number of carbonyl (C=O) groups excluding carboxylic acids is 7. The number of fused-ring (bicyclic) bond motifs is 1. The number of para-hydroxylation sites is 1. The number of nitrogens with one attached hydrogen (secondary N) is 8. The van der Waals surface area contributed by atoms with E-state index < -0.39 is 133 Å². The molecule has 0 radical (unpaired) electrons. The molecule has 0 unspecified atom stereocenters. The van der Waals surface area contributed by atoms with Crippen LogP contribution in [-0.2, 0) is 67.2 Å². The van der Waals surface area contributed by atoms with Crippen molar-refractivity contribution in [3.8, 4) is 5.75 Å². The van der Waals surface area contributed by atoms with Crippen LogP contribution in [0.4, 0.5) is 0 Å². The summed E-state index contributed by atoms with van der Waals surface area (Å²) in [7, 11) is 0. The Balaban J connectivity index is 1.63. The summed E-state index contributed by atoms with van der Waals surface area (Å²) < 4.78 is 0. The first-order valence-electron chi connectivity index (χ1n) is 25.9. The Hall–Kier alpha value is -8.03. The summed E-state index contributed by atoms with van der Waals surface area (Å²) >= 11 is 4.02. The van der Waals surface area contributed by atoms with Crippen LogP contribution in [0.1, 0.15) is 81.9 Å². The van der Waals surface area contributed by atoms with Gasteiger partial charge >= 0.3 is 17.9 Å². The number of phenolic OH excluding ortho intramolecular Hbond substituents is 1. The summed E-state index contributed by atoms with van der Waals surface area (Å²) in [5, 5.41) is 57.3. The molecular weight excluding hydrogens is 1040 g/mol. The van der Waals surface area contributed by atoms with Crippen molar-refractivity contribution in [1.29, 1.82) is 0 Å². The van der Waals surface area contributed by atoms with Crippen LogP contribution < -0.4 is 48.7 Å². The van der Waals surface area contributed by atoms with Crippen molar-refractivity contribution in [3.63, 3.8) is 0 Å². The van der Waals surface area contributed by atoms with Crippen molar-refractivity contribution in [2.75, 3.05) is 12.3 Å². The van der Waals surface area contributed by atoms with E-state index in [1.807, 2.05) is 12.1 Å². The monoisotopic (exact) mass is 1120 g/mol. The minimum atomic E-state index is -1.65. The average Bonchev–Trinajstić information content (AvgIpc) is 3.83. The molecule has 25 heteroatoms. The molecule has 0 aliphatic rings. The number of aromatic hydroxyl groups is 1. The third kappa shape index (κ3) is 20.7. The zero-order valence-corrected chi connectivity index (χ0v) is 44.8. The standard InChI is InChI=1S/C54H72N10O14S/c1-3-30(2)46(64-52(75)42(60-47(70)36(56)20-22-44(66)67)27-33-28-57-37-14-8-7-13-35(33)37)53(76)59-38(15-9-10-24-55)48(71)58-39(21-23-45(68)69)49(72)61-40(25-31-11-5-4-6-12-31)50(73)62-41(26-32-16-18-34(65)19-17-32)51(74)63-43(29-79)54(77)78/h4-8,11-14,16-19,28,30,36,38-43,46,57,65,79H,3,9-10,15,20-27,29,55-56H2,1-2H3,(H,58,71)(H,59,76)(H,60,70)(H,61,72)(H,62,73)(H,63,74)(H,64,75)(H,66,67)(H,68,69)(H,77,78)/t30-,36-,38-,39-,40-,41-,42-,43-,46-/m0/s1. The molecule has 79 heavy (non-hydrogen) atoms. The number of rotatable bonds is 34. The van der Waals surface area contributed by atoms with Gasteiger partial charge in [0, 0.05) is 55.0 Å². The number of aliphatic carboxylic acids is 3. The topological polar surface area (TPSA) is 404 Å². The number of aromatic nitrogens is 1. The third-order valence-corrected chi connectivity index (χ3v) is 13.5. The Morgan fingerprint density at radius 2 is 1.04 bits per heavy atom. The molecule has 0 fully saturated rings. The van der Waals surface area contributed by atoms with E-state index in [0.29, 0.717) is 29.5 Å². The van der Waals surface area contributed by atoms with Crippen LogP contribution in [-0.4, -0.2) is 145 Å². The third-order valence-electron chi connectivity index (χ3n) is 13.1. The second-order valence-corrected chi connectivity index (χ2v) is 19.5. The van der Waals surface area contributed by atoms with E-state index in [1.165, 1.54) is 24.3 Å². The number of amides is 7. The summed E-state index contributed by atoms with van der Waals surface area (Å²) in [4.78, 5) is 137. The highest BCUT2D eigenvalue weighted by Crippen LogP contribution is 2.21. The first kappa shape index (κ1) is 63.5. The van der Waals surface area contributed by atoms with Crippen LogP contribution in [0.25, 0.3) is 10.9 Å². The van der Waals surface area contributed by atoms with Gasteiger partial charge in [-0.3, -0.25) is 43.2 Å². The molecule has 7 amide bonds. The second kappa shape index (κ2) is 32.0. The van der Waals surface area contributed by atoms with E-state index >= 15 is 0 Å². The number of carboxylic acid groups (broad SMARTS) is 3. The molecule has 0 spiro atoms. The Kier molecular flexibility index (Phi) is 25.7. The maximum Gasteiger partial charge on any atom is 0.327 e. The fourth-order valence-corrected chi connectivity index (χ4v) is 8.59. The van der Waals surface area contributed by atoms with Gasteiger partial charge in [-0.1, -0.05) is 80.9 Å². The summed E-state index contributed by atoms with van der Waals surface area (Å²) in [5.74, 6) is -11.1. The number of thiol groups is 1. The van der Waals surface area contributed by atoms with E-state index in [-0.39, 0.29) is 56.6 Å². The Bertz CT molecular complexity index is 2730. The zero-order valence-electron chi connectivity index (χ0n) is 43.9. The SMILES string of the molecule is CC[C@H](C)[C@H](NC(=O)[C@H](Cc1c[nH]c2ccccc12)NC(=O)[C@@H](N)CCC(=O)O)C(=O)N[C@@H](CCCCN)C(=O)N[C@@H](CCC(=O)O)C(=O)N[C@@H](Cc1ccccc1)C(=O)N[C@@H](Cc1ccc(O)cc1)C(=O)N[C@@H](CS)C(=O)O. The van der Waals surface area contributed by atoms with Gasteiger partial charge in [0.15, 0.2) is 0 Å². The molecule has 16 N–H and O–H groups in total. The van der Waals surface area contributed by atoms with Crippen molar-refractivity contribution >= 4 is 82.8 Å². The van der Waals surface area contributed by atoms with Crippen LogP contribution >= 0.6 is 12.6 Å². The predicted molar refractivity (Wildman–Crippen MR) is 293 cm³/mol. The number of hydrogen-bond donors (Lipinski definition) is 15. The highest BCUT2D eigenvalue weighted by Gasteiger charge is 2.36. The Morgan fingerprint density at radius 1 is 0.557 bits per heavy atom. The smallest absolute Gasteiger partial charge is 0.327 e. The molecule has 0 aliphatic heterocycles. The molecule has 0 aliphatic carbocycles. The number of benzene rings is 3. The number of H-pyrrole nitrogens is 1. The minimum Gasteiger partial charge on any atom is -0.508 e. The molecule has 428 valence electrons. The summed E-state index contributed by atoms with van der Waals surface area (Å²) in [6, 6.07) is 9.84. The number of aromatic amines is 1. The number of hydrogen-bond acceptors (Lipinski definition) is 14. The van der Waals surface area contributed by atoms with Crippen LogP contribution in [0.2, 0.25) is 0 Å². The Morgan fingerprint density at radius 3 is 1.61 bits per heavy atom. The van der Waals surface area contributed by atoms with Crippen molar-refractivity contribution in [2.45, 2.75) is 133 Å². The number of nitrogens with two attached hydrogens (primary N) is 2. The lowest BCUT2D eigenvalue weighted by Crippen LogP contribution is -2.61. The number of unbranched alkanes of at least 4 members (excludes halogenated alkanes) is 1. The van der Waals surface area contributed by atoms with Crippen molar-refractivity contribution in [2.24, 2.45) is 17.4 Å². The van der Waals surface area contributed by atoms with Crippen LogP contribution in [0, 0.1) is 5.92 Å². The number of carboxylic acids is 3. The summed E-state index contributed by atoms with van der Waals surface area (Å²) in [6.07, 6.45) is 0.355. The number of carbonyl (C=O) groups is 10. The van der Waals surface area contributed by atoms with Gasteiger partial charge in [0.1, 0.15) is 48.0 Å². The molecule has 1 aromatic heterocycles. The van der Waals surface area contributed by atoms with Crippen LogP contribution in [0.5, 0.6) is 5.75 Å². The molecule has 24 nitrogen and oxygen atoms in total. The maximum absolute atomic E-state index is 14.5. The van der Waals surface area contributed by atoms with E-state index in [2.05, 4.69) is 54.8 Å². The largest absolute Gasteiger partial charge is 0.508 e. The van der Waals surface area contributed by atoms with E-state index in [9.17, 15) is 68.4 Å². The van der Waals surface area contributed by atoms with Crippen molar-refractivity contribution in [3.05, 3.63) is 102 Å². The highest BCUT2D eigenvalue weighted by molar-refractivity contribution is 7.80. The molecule has 4 rings (SSSR count). The molecule has 0 bridgehead atoms. The van der Waals surface area contributed by atoms with E-state index in [0.717, 1.165) is 10.9 Å². The fourth-order valence-electron chi connectivity index (χ4n) is 8.34. The van der Waals surface area contributed by atoms with Gasteiger partial charge in [0.25, 0.3) is 0 Å². The fraction of sp³-hybridized carbons (Fsp3) is 0.444. The lowest BCUT2D eigenvalue weighted by molar-refractivity contribution is -0.142. The lowest BCUT2D eigenvalue weighted by atomic mass is 9.96. The average molecular weight is 1120 g/mol. The quantitative estimate of drug-likeness (QED) is 0.0224. The van der Waals surface area contributed by atoms with E-state index in [4.69, 9.17) is 11.5 Å². The second-order valence-electron chi connectivity index (χ2n) is 19.1. The van der Waals surface area contributed by atoms with Gasteiger partial charge < -0.3 is 74.1 Å². The molecule has 0 saturated heterocycles. The first-order chi connectivity index (χ1) is 37.6. The van der Waals surface area contributed by atoms with Gasteiger partial charge in [0.2, 0.25) is 41.4 Å². The summed E-state index contributed by atoms with van der Waals surface area (Å²) in [6.45, 7) is 3.64. The Labute approximate surface area is 461 Å². The summed E-state index contributed by atoms with van der Waals surface area (Å²) in [5.41, 5.74) is 14.2. The van der Waals surface area contributed by atoms with Gasteiger partial charge in [-0.25, -0.2) is 4.79 Å². The molecular formula is C54H72N10O14S. The normalized spacial score (nSPS) is 14.5. The first-order valence-corrected chi connectivity index (χ1v) is 26.5. The van der Waals surface area contributed by atoms with Crippen LogP contribution in [0.15, 0.2) is 85.1 Å². The van der Waals surface area contributed by atoms with Crippen molar-refractivity contribution < 1.29 is 68.4 Å². The minimum absolute atomic E-state index is 0.0455. The number of phenols is 1. The predicted octanol–water partition coefficient (Wildman–Crippen LogP) is 0.541. The molecule has 0 saturated carbocycles. The molecule has 9 atom stereocenters. The highest BCUT2D eigenvalue weighted by atomic mass is 32.1. The van der Waals surface area contributed by atoms with Gasteiger partial charge in [-0.05, 0) is 79.5 Å². The molecule has 1 heterocycles.